The van der Waals surface area contributed by atoms with Gasteiger partial charge in [-0.1, -0.05) is 0 Å². The van der Waals surface area contributed by atoms with E-state index < -0.39 is 23.2 Å². The monoisotopic (exact) mass is 740 g/mol. The Morgan fingerprint density at radius 3 is 2.02 bits per heavy atom. The molecule has 0 aliphatic heterocycles. The number of allylic oxidation sites excluding steroid dienone is 4. The van der Waals surface area contributed by atoms with E-state index in [4.69, 9.17) is 0 Å². The molecule has 7 aliphatic carbocycles. The second-order valence-electron chi connectivity index (χ2n) is 17.2. The summed E-state index contributed by atoms with van der Waals surface area (Å²) in [7, 11) is 0. The van der Waals surface area contributed by atoms with Gasteiger partial charge in [0.15, 0.2) is 0 Å². The summed E-state index contributed by atoms with van der Waals surface area (Å²) < 4.78 is 2.17. The molecule has 0 amide bonds. The molecule has 4 bridgehead atoms. The minimum atomic E-state index is -0.970. The van der Waals surface area contributed by atoms with Crippen molar-refractivity contribution in [2.75, 3.05) is 0 Å². The average Bonchev–Trinajstić information content (AvgIpc) is 3.59. The van der Waals surface area contributed by atoms with Crippen molar-refractivity contribution >= 4 is 10.8 Å². The predicted octanol–water partition coefficient (Wildman–Crippen LogP) is 6.02. The van der Waals surface area contributed by atoms with Crippen LogP contribution in [0.1, 0.15) is 130 Å². The molecular formula is C44H52Cl2Zr. The van der Waals surface area contributed by atoms with Crippen LogP contribution in [0.15, 0.2) is 51.3 Å². The van der Waals surface area contributed by atoms with Gasteiger partial charge in [0.2, 0.25) is 0 Å². The van der Waals surface area contributed by atoms with Gasteiger partial charge in [-0.05, 0) is 0 Å². The van der Waals surface area contributed by atoms with Crippen LogP contribution in [0.5, 0.6) is 0 Å². The molecule has 5 unspecified atom stereocenters. The second kappa shape index (κ2) is 11.7. The maximum absolute atomic E-state index is 2.84. The molecule has 0 N–H and O–H groups in total. The fourth-order valence-corrected chi connectivity index (χ4v) is 17.5. The minimum absolute atomic E-state index is 0. The van der Waals surface area contributed by atoms with E-state index in [0.717, 1.165) is 17.8 Å². The van der Waals surface area contributed by atoms with Gasteiger partial charge in [-0.25, -0.2) is 0 Å². The summed E-state index contributed by atoms with van der Waals surface area (Å²) in [5.74, 6) is 5.49. The molecule has 4 saturated carbocycles. The van der Waals surface area contributed by atoms with Crippen LogP contribution >= 0.6 is 0 Å². The molecule has 7 aliphatic rings. The van der Waals surface area contributed by atoms with Gasteiger partial charge < -0.3 is 24.8 Å². The van der Waals surface area contributed by atoms with Crippen LogP contribution in [0.2, 0.25) is 0 Å². The van der Waals surface area contributed by atoms with Crippen molar-refractivity contribution in [2.45, 2.75) is 115 Å². The average molecular weight is 743 g/mol. The molecule has 0 nitrogen and oxygen atoms in total. The summed E-state index contributed by atoms with van der Waals surface area (Å²) in [6, 6.07) is 12.1. The molecule has 0 radical (unpaired) electrons. The van der Waals surface area contributed by atoms with Gasteiger partial charge in [0.25, 0.3) is 0 Å². The van der Waals surface area contributed by atoms with Crippen LogP contribution < -0.4 is 24.8 Å². The zero-order chi connectivity index (χ0) is 31.2. The molecule has 4 fully saturated rings. The van der Waals surface area contributed by atoms with Crippen LogP contribution in [0, 0.1) is 55.8 Å². The number of fused-ring (bicyclic) bond motifs is 8. The van der Waals surface area contributed by atoms with Crippen molar-refractivity contribution in [1.29, 1.82) is 0 Å². The molecule has 3 aromatic rings. The van der Waals surface area contributed by atoms with E-state index in [0.29, 0.717) is 29.1 Å². The molecule has 3 aromatic carbocycles. The maximum Gasteiger partial charge on any atom is -1.00 e. The standard InChI is InChI=1S/C29H33.C15H19.2ClH.Zr/c1-14-13-24-25(18(5)15(14)2)21(8)28-27-20(7)17(4)16(3)19(6)26(27)22-11-9-10-12-23(22)29(24)28;1-2-4-14(3-1)15-8-11-5-12(9-15)7-13(6-11)10-15;;;/h9-13,16-17,19,21H,1-8H3;3-4,11-13H,1,5-10H2;2*1H;/q;;;;+2/p-2. The molecule has 0 heterocycles. The molecule has 0 spiro atoms. The Bertz CT molecular complexity index is 1830. The van der Waals surface area contributed by atoms with E-state index in [-0.39, 0.29) is 27.9 Å². The smallest absolute Gasteiger partial charge is 1.00 e. The second-order valence-corrected chi connectivity index (χ2v) is 22.0. The van der Waals surface area contributed by atoms with E-state index >= 15 is 0 Å². The summed E-state index contributed by atoms with van der Waals surface area (Å²) in [5, 5.41) is 3.05. The first kappa shape index (κ1) is 34.3. The molecule has 5 atom stereocenters. The van der Waals surface area contributed by atoms with Gasteiger partial charge in [-0.2, -0.15) is 0 Å². The molecule has 10 rings (SSSR count). The van der Waals surface area contributed by atoms with Crippen molar-refractivity contribution in [3.63, 3.8) is 0 Å². The molecule has 0 aromatic heterocycles. The SMILES string of the molecule is Cc1cc2c(c(C)c1C)C(C)c1c3c(c4ccccc4c1-2)C(C)C(C)C(C)[C]3(C)[Zr+2][C]1=CC(C23CC4CC(CC(C4)C2)C3)=CC1.[Cl-].[Cl-]. The van der Waals surface area contributed by atoms with E-state index in [1.54, 1.807) is 52.5 Å². The third-order valence-electron chi connectivity index (χ3n) is 15.0. The summed E-state index contributed by atoms with van der Waals surface area (Å²) in [5.41, 5.74) is 16.8. The Kier molecular flexibility index (Phi) is 8.55. The van der Waals surface area contributed by atoms with E-state index in [9.17, 15) is 0 Å². The van der Waals surface area contributed by atoms with Gasteiger partial charge in [-0.15, -0.1) is 0 Å². The minimum Gasteiger partial charge on any atom is -1.00 e. The van der Waals surface area contributed by atoms with Gasteiger partial charge in [0.05, 0.1) is 0 Å². The summed E-state index contributed by atoms with van der Waals surface area (Å²) in [4.78, 5) is 0. The number of hydrogen-bond acceptors (Lipinski definition) is 0. The first-order valence-corrected chi connectivity index (χ1v) is 20.9. The Balaban J connectivity index is 0.00000176. The number of rotatable bonds is 3. The Hall–Kier alpha value is -1.14. The summed E-state index contributed by atoms with van der Waals surface area (Å²) in [6.07, 6.45) is 16.0. The van der Waals surface area contributed by atoms with Crippen molar-refractivity contribution < 1.29 is 48.0 Å². The third-order valence-corrected chi connectivity index (χ3v) is 19.7. The van der Waals surface area contributed by atoms with Crippen molar-refractivity contribution in [1.82, 2.24) is 0 Å². The van der Waals surface area contributed by atoms with Crippen molar-refractivity contribution in [3.8, 4) is 11.1 Å². The van der Waals surface area contributed by atoms with Crippen LogP contribution in [0.25, 0.3) is 21.9 Å². The van der Waals surface area contributed by atoms with E-state index in [1.807, 2.05) is 8.84 Å². The zero-order valence-electron chi connectivity index (χ0n) is 29.8. The molecular weight excluding hydrogens is 691 g/mol. The molecule has 0 saturated heterocycles. The first-order chi connectivity index (χ1) is 21.5. The predicted molar refractivity (Wildman–Crippen MR) is 187 cm³/mol. The van der Waals surface area contributed by atoms with Crippen LogP contribution in [-0.4, -0.2) is 0 Å². The maximum atomic E-state index is 2.84. The molecule has 47 heavy (non-hydrogen) atoms. The Labute approximate surface area is 308 Å². The van der Waals surface area contributed by atoms with Crippen LogP contribution in [-0.2, 0) is 26.4 Å². The quantitative estimate of drug-likeness (QED) is 0.308. The van der Waals surface area contributed by atoms with E-state index in [1.165, 1.54) is 53.3 Å². The number of aryl methyl sites for hydroxylation is 1. The third kappa shape index (κ3) is 4.67. The van der Waals surface area contributed by atoms with E-state index in [2.05, 4.69) is 97.9 Å². The summed E-state index contributed by atoms with van der Waals surface area (Å²) >= 11 is -0.970. The van der Waals surface area contributed by atoms with Crippen LogP contribution in [0.3, 0.4) is 0 Å². The number of halogens is 2. The van der Waals surface area contributed by atoms with Crippen molar-refractivity contribution in [2.24, 2.45) is 35.0 Å². The Morgan fingerprint density at radius 1 is 0.766 bits per heavy atom. The molecule has 3 heteroatoms. The van der Waals surface area contributed by atoms with Gasteiger partial charge >= 0.3 is 286 Å². The van der Waals surface area contributed by atoms with Gasteiger partial charge in [-0.3, -0.25) is 0 Å². The zero-order valence-corrected chi connectivity index (χ0v) is 33.8. The number of benzene rings is 3. The van der Waals surface area contributed by atoms with Gasteiger partial charge in [0, 0.05) is 0 Å². The fourth-order valence-electron chi connectivity index (χ4n) is 12.7. The molecule has 246 valence electrons. The Morgan fingerprint density at radius 2 is 1.38 bits per heavy atom. The largest absolute Gasteiger partial charge is 1.00 e. The first-order valence-electron chi connectivity index (χ1n) is 18.4. The number of hydrogen-bond donors (Lipinski definition) is 0. The fraction of sp³-hybridized carbons (Fsp3) is 0.545. The summed E-state index contributed by atoms with van der Waals surface area (Å²) in [6.45, 7) is 20.2. The van der Waals surface area contributed by atoms with Gasteiger partial charge in [0.1, 0.15) is 0 Å². The van der Waals surface area contributed by atoms with Crippen molar-refractivity contribution in [3.05, 3.63) is 90.3 Å². The topological polar surface area (TPSA) is 0 Å². The normalized spacial score (nSPS) is 35.7. The van der Waals surface area contributed by atoms with Crippen LogP contribution in [0.4, 0.5) is 0 Å².